The number of hydrogen-bond acceptors (Lipinski definition) is 3. The van der Waals surface area contributed by atoms with Gasteiger partial charge >= 0.3 is 0 Å². The molecule has 108 valence electrons. The van der Waals surface area contributed by atoms with E-state index >= 15 is 0 Å². The molecule has 0 aliphatic rings. The molecule has 0 fully saturated rings. The number of rotatable bonds is 8. The van der Waals surface area contributed by atoms with Crippen LogP contribution in [0.5, 0.6) is 5.75 Å². The predicted octanol–water partition coefficient (Wildman–Crippen LogP) is 4.52. The van der Waals surface area contributed by atoms with E-state index in [1.165, 1.54) is 4.88 Å². The fraction of sp³-hybridized carbons (Fsp3) is 0.375. The minimum absolute atomic E-state index is 0.682. The van der Waals surface area contributed by atoms with Crippen LogP contribution in [-0.4, -0.2) is 13.2 Å². The SMILES string of the molecule is CCCNCc1c(Cl)cccc1OCCc1cccs1. The highest BCUT2D eigenvalue weighted by Crippen LogP contribution is 2.26. The fourth-order valence-electron chi connectivity index (χ4n) is 1.95. The molecule has 20 heavy (non-hydrogen) atoms. The van der Waals surface area contributed by atoms with Gasteiger partial charge in [-0.2, -0.15) is 0 Å². The van der Waals surface area contributed by atoms with Crippen molar-refractivity contribution in [1.82, 2.24) is 5.32 Å². The molecule has 0 saturated heterocycles. The molecule has 0 amide bonds. The molecule has 2 nitrogen and oxygen atoms in total. The van der Waals surface area contributed by atoms with Crippen LogP contribution in [0.1, 0.15) is 23.8 Å². The molecule has 2 aromatic rings. The molecule has 0 saturated carbocycles. The lowest BCUT2D eigenvalue weighted by Gasteiger charge is -2.13. The van der Waals surface area contributed by atoms with Crippen molar-refractivity contribution in [2.75, 3.05) is 13.2 Å². The van der Waals surface area contributed by atoms with Crippen molar-refractivity contribution in [2.24, 2.45) is 0 Å². The monoisotopic (exact) mass is 309 g/mol. The van der Waals surface area contributed by atoms with Crippen molar-refractivity contribution >= 4 is 22.9 Å². The van der Waals surface area contributed by atoms with Crippen LogP contribution in [0, 0.1) is 0 Å². The standard InChI is InChI=1S/C16H20ClNOS/c1-2-9-18-12-14-15(17)6-3-7-16(14)19-10-8-13-5-4-11-20-13/h3-7,11,18H,2,8-10,12H2,1H3. The average Bonchev–Trinajstić information content (AvgIpc) is 2.95. The lowest BCUT2D eigenvalue weighted by molar-refractivity contribution is 0.318. The summed E-state index contributed by atoms with van der Waals surface area (Å²) in [4.78, 5) is 1.35. The first-order valence-corrected chi connectivity index (χ1v) is 8.20. The summed E-state index contributed by atoms with van der Waals surface area (Å²) in [5.74, 6) is 0.887. The normalized spacial score (nSPS) is 10.7. The second kappa shape index (κ2) is 8.30. The smallest absolute Gasteiger partial charge is 0.125 e. The molecule has 0 radical (unpaired) electrons. The van der Waals surface area contributed by atoms with Gasteiger partial charge in [-0.3, -0.25) is 0 Å². The zero-order valence-electron chi connectivity index (χ0n) is 11.7. The van der Waals surface area contributed by atoms with Gasteiger partial charge in [0, 0.05) is 28.4 Å². The van der Waals surface area contributed by atoms with Crippen LogP contribution in [0.3, 0.4) is 0 Å². The number of thiophene rings is 1. The van der Waals surface area contributed by atoms with Crippen molar-refractivity contribution in [2.45, 2.75) is 26.3 Å². The molecule has 0 bridgehead atoms. The van der Waals surface area contributed by atoms with Gasteiger partial charge in [0.1, 0.15) is 5.75 Å². The van der Waals surface area contributed by atoms with Gasteiger partial charge in [-0.25, -0.2) is 0 Å². The summed E-state index contributed by atoms with van der Waals surface area (Å²) in [6.45, 7) is 4.57. The van der Waals surface area contributed by atoms with Crippen molar-refractivity contribution in [1.29, 1.82) is 0 Å². The molecule has 0 atom stereocenters. The van der Waals surface area contributed by atoms with E-state index in [1.807, 2.05) is 18.2 Å². The van der Waals surface area contributed by atoms with Gasteiger partial charge in [0.25, 0.3) is 0 Å². The van der Waals surface area contributed by atoms with Crippen LogP contribution < -0.4 is 10.1 Å². The molecular formula is C16H20ClNOS. The molecule has 1 N–H and O–H groups in total. The maximum atomic E-state index is 6.27. The summed E-state index contributed by atoms with van der Waals surface area (Å²) in [6.07, 6.45) is 2.05. The van der Waals surface area contributed by atoms with Gasteiger partial charge in [0.2, 0.25) is 0 Å². The highest BCUT2D eigenvalue weighted by atomic mass is 35.5. The molecular weight excluding hydrogens is 290 g/mol. The van der Waals surface area contributed by atoms with E-state index in [0.29, 0.717) is 6.61 Å². The van der Waals surface area contributed by atoms with E-state index in [-0.39, 0.29) is 0 Å². The number of ether oxygens (including phenoxy) is 1. The number of hydrogen-bond donors (Lipinski definition) is 1. The zero-order valence-corrected chi connectivity index (χ0v) is 13.3. The largest absolute Gasteiger partial charge is 0.493 e. The summed E-state index contributed by atoms with van der Waals surface area (Å²) in [5.41, 5.74) is 1.05. The summed E-state index contributed by atoms with van der Waals surface area (Å²) < 4.78 is 5.90. The number of benzene rings is 1. The first kappa shape index (κ1) is 15.4. The van der Waals surface area contributed by atoms with E-state index in [4.69, 9.17) is 16.3 Å². The Bertz CT molecular complexity index is 513. The van der Waals surface area contributed by atoms with E-state index in [0.717, 1.165) is 42.3 Å². The minimum atomic E-state index is 0.682. The van der Waals surface area contributed by atoms with E-state index < -0.39 is 0 Å². The maximum Gasteiger partial charge on any atom is 0.125 e. The van der Waals surface area contributed by atoms with Crippen LogP contribution in [0.25, 0.3) is 0 Å². The Morgan fingerprint density at radius 3 is 2.90 bits per heavy atom. The highest BCUT2D eigenvalue weighted by molar-refractivity contribution is 7.09. The molecule has 1 heterocycles. The lowest BCUT2D eigenvalue weighted by Crippen LogP contribution is -2.15. The summed E-state index contributed by atoms with van der Waals surface area (Å²) in [6, 6.07) is 10.0. The van der Waals surface area contributed by atoms with E-state index in [1.54, 1.807) is 11.3 Å². The van der Waals surface area contributed by atoms with Gasteiger partial charge in [-0.1, -0.05) is 30.7 Å². The molecule has 4 heteroatoms. The number of nitrogens with one attached hydrogen (secondary N) is 1. The third kappa shape index (κ3) is 4.51. The van der Waals surface area contributed by atoms with Crippen molar-refractivity contribution < 1.29 is 4.74 Å². The van der Waals surface area contributed by atoms with Crippen LogP contribution in [0.4, 0.5) is 0 Å². The van der Waals surface area contributed by atoms with Crippen LogP contribution >= 0.6 is 22.9 Å². The second-order valence-corrected chi connectivity index (χ2v) is 6.01. The molecule has 1 aromatic heterocycles. The summed E-state index contributed by atoms with van der Waals surface area (Å²) in [7, 11) is 0. The van der Waals surface area contributed by atoms with Crippen molar-refractivity contribution in [3.8, 4) is 5.75 Å². The molecule has 0 unspecified atom stereocenters. The third-order valence-corrected chi connectivity index (χ3v) is 4.28. The quantitative estimate of drug-likeness (QED) is 0.724. The Morgan fingerprint density at radius 1 is 1.25 bits per heavy atom. The average molecular weight is 310 g/mol. The highest BCUT2D eigenvalue weighted by Gasteiger charge is 2.08. The zero-order chi connectivity index (χ0) is 14.2. The van der Waals surface area contributed by atoms with Crippen molar-refractivity contribution in [3.05, 3.63) is 51.2 Å². The topological polar surface area (TPSA) is 21.3 Å². The van der Waals surface area contributed by atoms with Gasteiger partial charge in [-0.05, 0) is 36.5 Å². The molecule has 2 rings (SSSR count). The maximum absolute atomic E-state index is 6.27. The summed E-state index contributed by atoms with van der Waals surface area (Å²) in [5, 5.41) is 6.23. The predicted molar refractivity (Wildman–Crippen MR) is 87.0 cm³/mol. The Kier molecular flexibility index (Phi) is 6.37. The first-order valence-electron chi connectivity index (χ1n) is 6.94. The third-order valence-electron chi connectivity index (χ3n) is 2.99. The minimum Gasteiger partial charge on any atom is -0.493 e. The Labute approximate surface area is 129 Å². The lowest BCUT2D eigenvalue weighted by atomic mass is 10.2. The molecule has 0 aliphatic heterocycles. The van der Waals surface area contributed by atoms with Gasteiger partial charge in [0.15, 0.2) is 0 Å². The van der Waals surface area contributed by atoms with E-state index in [9.17, 15) is 0 Å². The second-order valence-electron chi connectivity index (χ2n) is 4.57. The van der Waals surface area contributed by atoms with Gasteiger partial charge in [-0.15, -0.1) is 11.3 Å². The van der Waals surface area contributed by atoms with Crippen LogP contribution in [0.2, 0.25) is 5.02 Å². The number of halogens is 1. The molecule has 0 aliphatic carbocycles. The van der Waals surface area contributed by atoms with E-state index in [2.05, 4.69) is 29.8 Å². The Morgan fingerprint density at radius 2 is 2.15 bits per heavy atom. The molecule has 0 spiro atoms. The van der Waals surface area contributed by atoms with Gasteiger partial charge < -0.3 is 10.1 Å². The van der Waals surface area contributed by atoms with Crippen LogP contribution in [-0.2, 0) is 13.0 Å². The van der Waals surface area contributed by atoms with Crippen LogP contribution in [0.15, 0.2) is 35.7 Å². The summed E-state index contributed by atoms with van der Waals surface area (Å²) >= 11 is 8.03. The molecule has 1 aromatic carbocycles. The Hall–Kier alpha value is -1.03. The van der Waals surface area contributed by atoms with Gasteiger partial charge in [0.05, 0.1) is 6.61 Å². The first-order chi connectivity index (χ1) is 9.81. The fourth-order valence-corrected chi connectivity index (χ4v) is 2.88. The van der Waals surface area contributed by atoms with Crippen molar-refractivity contribution in [3.63, 3.8) is 0 Å². The Balaban J connectivity index is 1.93.